The molecule has 0 radical (unpaired) electrons. The monoisotopic (exact) mass is 346 g/mol. The van der Waals surface area contributed by atoms with E-state index in [0.717, 1.165) is 11.1 Å². The first-order chi connectivity index (χ1) is 12.4. The summed E-state index contributed by atoms with van der Waals surface area (Å²) in [5.41, 5.74) is 1.80. The molecule has 3 aromatic rings. The number of phenolic OH excluding ortho intramolecular Hbond substituents is 2. The van der Waals surface area contributed by atoms with Crippen LogP contribution < -0.4 is 0 Å². The van der Waals surface area contributed by atoms with Gasteiger partial charge in [-0.15, -0.1) is 0 Å². The zero-order valence-corrected chi connectivity index (χ0v) is 14.5. The highest BCUT2D eigenvalue weighted by Crippen LogP contribution is 2.33. The van der Waals surface area contributed by atoms with Crippen LogP contribution in [0.25, 0.3) is 0 Å². The Hall–Kier alpha value is -3.40. The molecule has 130 valence electrons. The second-order valence-corrected chi connectivity index (χ2v) is 6.14. The minimum atomic E-state index is -0.506. The molecule has 0 bridgehead atoms. The van der Waals surface area contributed by atoms with Crippen molar-refractivity contribution in [3.05, 3.63) is 94.0 Å². The molecule has 0 spiro atoms. The van der Waals surface area contributed by atoms with Gasteiger partial charge in [0.25, 0.3) is 0 Å². The molecule has 0 heterocycles. The molecule has 3 rings (SSSR count). The van der Waals surface area contributed by atoms with Gasteiger partial charge in [0.2, 0.25) is 0 Å². The summed E-state index contributed by atoms with van der Waals surface area (Å²) < 4.78 is 0. The highest BCUT2D eigenvalue weighted by Gasteiger charge is 2.27. The van der Waals surface area contributed by atoms with Crippen LogP contribution in [0.15, 0.2) is 60.7 Å². The minimum Gasteiger partial charge on any atom is -0.507 e. The number of phenols is 2. The van der Waals surface area contributed by atoms with Gasteiger partial charge in [-0.05, 0) is 37.1 Å². The Balaban J connectivity index is 2.23. The Morgan fingerprint density at radius 2 is 0.962 bits per heavy atom. The number of hydrogen-bond acceptors (Lipinski definition) is 4. The average Bonchev–Trinajstić information content (AvgIpc) is 2.63. The Morgan fingerprint density at radius 1 is 0.615 bits per heavy atom. The van der Waals surface area contributed by atoms with Crippen molar-refractivity contribution in [1.82, 2.24) is 0 Å². The van der Waals surface area contributed by atoms with E-state index in [2.05, 4.69) is 0 Å². The predicted molar refractivity (Wildman–Crippen MR) is 99.0 cm³/mol. The number of aryl methyl sites for hydroxylation is 2. The molecular weight excluding hydrogens is 328 g/mol. The van der Waals surface area contributed by atoms with Crippen molar-refractivity contribution in [2.75, 3.05) is 0 Å². The minimum absolute atomic E-state index is 0.187. The summed E-state index contributed by atoms with van der Waals surface area (Å²) >= 11 is 0. The first-order valence-corrected chi connectivity index (χ1v) is 8.17. The third kappa shape index (κ3) is 2.97. The smallest absolute Gasteiger partial charge is 0.197 e. The van der Waals surface area contributed by atoms with Gasteiger partial charge in [-0.25, -0.2) is 0 Å². The van der Waals surface area contributed by atoms with Gasteiger partial charge in [0.1, 0.15) is 11.5 Å². The predicted octanol–water partition coefficient (Wildman–Crippen LogP) is 4.18. The number of aromatic hydroxyl groups is 2. The van der Waals surface area contributed by atoms with E-state index in [1.165, 1.54) is 12.1 Å². The van der Waals surface area contributed by atoms with Gasteiger partial charge in [-0.1, -0.05) is 48.5 Å². The lowest BCUT2D eigenvalue weighted by Gasteiger charge is -2.14. The van der Waals surface area contributed by atoms with Gasteiger partial charge in [-0.2, -0.15) is 0 Å². The highest BCUT2D eigenvalue weighted by molar-refractivity contribution is 6.22. The molecule has 4 heteroatoms. The molecule has 0 fully saturated rings. The third-order valence-electron chi connectivity index (χ3n) is 4.39. The molecular formula is C22H18O4. The zero-order valence-electron chi connectivity index (χ0n) is 14.5. The van der Waals surface area contributed by atoms with E-state index in [0.29, 0.717) is 11.1 Å². The average molecular weight is 346 g/mol. The van der Waals surface area contributed by atoms with Crippen molar-refractivity contribution in [3.8, 4) is 11.5 Å². The van der Waals surface area contributed by atoms with Crippen molar-refractivity contribution in [3.63, 3.8) is 0 Å². The number of rotatable bonds is 4. The maximum atomic E-state index is 13.1. The summed E-state index contributed by atoms with van der Waals surface area (Å²) in [5, 5.41) is 20.6. The molecule has 0 atom stereocenters. The van der Waals surface area contributed by atoms with E-state index < -0.39 is 11.6 Å². The van der Waals surface area contributed by atoms with Crippen LogP contribution in [0.2, 0.25) is 0 Å². The molecule has 3 aromatic carbocycles. The summed E-state index contributed by atoms with van der Waals surface area (Å²) in [5.74, 6) is -1.69. The lowest BCUT2D eigenvalue weighted by molar-refractivity contribution is 0.0997. The molecule has 0 unspecified atom stereocenters. The molecule has 0 saturated carbocycles. The van der Waals surface area contributed by atoms with Crippen LogP contribution in [0.4, 0.5) is 0 Å². The summed E-state index contributed by atoms with van der Waals surface area (Å²) in [6.07, 6.45) is 0. The third-order valence-corrected chi connectivity index (χ3v) is 4.39. The van der Waals surface area contributed by atoms with Gasteiger partial charge in [0.15, 0.2) is 11.6 Å². The largest absolute Gasteiger partial charge is 0.507 e. The van der Waals surface area contributed by atoms with Crippen molar-refractivity contribution in [2.45, 2.75) is 13.8 Å². The molecule has 0 amide bonds. The van der Waals surface area contributed by atoms with Gasteiger partial charge in [0.05, 0.1) is 11.1 Å². The number of hydrogen-bond donors (Lipinski definition) is 2. The van der Waals surface area contributed by atoms with Gasteiger partial charge in [0, 0.05) is 11.1 Å². The van der Waals surface area contributed by atoms with E-state index >= 15 is 0 Å². The Morgan fingerprint density at radius 3 is 1.31 bits per heavy atom. The molecule has 0 aromatic heterocycles. The van der Waals surface area contributed by atoms with Crippen LogP contribution in [0.3, 0.4) is 0 Å². The number of ketones is 2. The number of benzene rings is 3. The summed E-state index contributed by atoms with van der Waals surface area (Å²) in [7, 11) is 0. The van der Waals surface area contributed by atoms with E-state index in [9.17, 15) is 19.8 Å². The number of carbonyl (C=O) groups is 2. The Bertz CT molecular complexity index is 936. The number of carbonyl (C=O) groups excluding carboxylic acids is 2. The highest BCUT2D eigenvalue weighted by atomic mass is 16.3. The maximum absolute atomic E-state index is 13.1. The van der Waals surface area contributed by atoms with Crippen LogP contribution in [0, 0.1) is 13.8 Å². The molecule has 4 nitrogen and oxygen atoms in total. The lowest BCUT2D eigenvalue weighted by atomic mass is 9.89. The fourth-order valence-corrected chi connectivity index (χ4v) is 2.97. The van der Waals surface area contributed by atoms with Gasteiger partial charge in [-0.3, -0.25) is 9.59 Å². The summed E-state index contributed by atoms with van der Waals surface area (Å²) in [4.78, 5) is 26.1. The summed E-state index contributed by atoms with van der Waals surface area (Å²) in [6.45, 7) is 3.55. The van der Waals surface area contributed by atoms with Crippen LogP contribution in [-0.2, 0) is 0 Å². The zero-order chi connectivity index (χ0) is 18.8. The van der Waals surface area contributed by atoms with Gasteiger partial charge >= 0.3 is 0 Å². The Kier molecular flexibility index (Phi) is 4.59. The first kappa shape index (κ1) is 17.4. The van der Waals surface area contributed by atoms with E-state index in [-0.39, 0.29) is 22.6 Å². The van der Waals surface area contributed by atoms with Crippen molar-refractivity contribution in [2.24, 2.45) is 0 Å². The van der Waals surface area contributed by atoms with Crippen molar-refractivity contribution in [1.29, 1.82) is 0 Å². The fourth-order valence-electron chi connectivity index (χ4n) is 2.97. The van der Waals surface area contributed by atoms with Crippen LogP contribution >= 0.6 is 0 Å². The lowest BCUT2D eigenvalue weighted by Crippen LogP contribution is -2.13. The summed E-state index contributed by atoms with van der Waals surface area (Å²) in [6, 6.07) is 16.3. The quantitative estimate of drug-likeness (QED) is 0.549. The first-order valence-electron chi connectivity index (χ1n) is 8.17. The van der Waals surface area contributed by atoms with E-state index in [1.54, 1.807) is 62.4 Å². The molecule has 0 saturated heterocycles. The van der Waals surface area contributed by atoms with E-state index in [1.807, 2.05) is 0 Å². The van der Waals surface area contributed by atoms with Crippen LogP contribution in [-0.4, -0.2) is 21.8 Å². The van der Waals surface area contributed by atoms with Crippen LogP contribution in [0.1, 0.15) is 43.0 Å². The molecule has 0 aliphatic heterocycles. The molecule has 0 aliphatic rings. The molecule has 26 heavy (non-hydrogen) atoms. The second-order valence-electron chi connectivity index (χ2n) is 6.14. The van der Waals surface area contributed by atoms with Crippen LogP contribution in [0.5, 0.6) is 11.5 Å². The molecule has 0 aliphatic carbocycles. The second kappa shape index (κ2) is 6.84. The Labute approximate surface area is 151 Å². The fraction of sp³-hybridized carbons (Fsp3) is 0.0909. The van der Waals surface area contributed by atoms with Crippen molar-refractivity contribution < 1.29 is 19.8 Å². The maximum Gasteiger partial charge on any atom is 0.197 e. The van der Waals surface area contributed by atoms with Crippen molar-refractivity contribution >= 4 is 11.6 Å². The van der Waals surface area contributed by atoms with E-state index in [4.69, 9.17) is 0 Å². The van der Waals surface area contributed by atoms with Gasteiger partial charge < -0.3 is 10.2 Å². The molecule has 2 N–H and O–H groups in total. The standard InChI is InChI=1S/C22H18O4/c1-13-7-3-5-9-15(13)21(25)19-17(23)11-12-18(24)20(19)22(26)16-10-6-4-8-14(16)2/h3-12,23-24H,1-2H3. The normalized spacial score (nSPS) is 10.5. The topological polar surface area (TPSA) is 74.6 Å². The SMILES string of the molecule is Cc1ccccc1C(=O)c1c(O)ccc(O)c1C(=O)c1ccccc1C.